The van der Waals surface area contributed by atoms with Gasteiger partial charge in [-0.3, -0.25) is 4.99 Å². The smallest absolute Gasteiger partial charge is 0.191 e. The van der Waals surface area contributed by atoms with Crippen LogP contribution in [-0.4, -0.2) is 39.9 Å². The Morgan fingerprint density at radius 1 is 1.19 bits per heavy atom. The summed E-state index contributed by atoms with van der Waals surface area (Å²) in [5.74, 6) is 1.75. The number of nitrogens with zero attached hydrogens (tertiary/aromatic N) is 1. The van der Waals surface area contributed by atoms with Gasteiger partial charge in [0.05, 0.1) is 7.11 Å². The molecule has 0 aromatic heterocycles. The van der Waals surface area contributed by atoms with Crippen molar-refractivity contribution in [1.82, 2.24) is 10.6 Å². The van der Waals surface area contributed by atoms with Crippen LogP contribution in [0.5, 0.6) is 5.75 Å². The van der Waals surface area contributed by atoms with Gasteiger partial charge in [-0.05, 0) is 61.8 Å². The minimum Gasteiger partial charge on any atom is -0.497 e. The van der Waals surface area contributed by atoms with Gasteiger partial charge < -0.3 is 20.1 Å². The monoisotopic (exact) mass is 361 g/mol. The molecule has 1 aliphatic carbocycles. The first kappa shape index (κ1) is 20.6. The lowest BCUT2D eigenvalue weighted by Gasteiger charge is -2.30. The van der Waals surface area contributed by atoms with Crippen LogP contribution in [0.4, 0.5) is 0 Å². The normalized spacial score (nSPS) is 16.5. The number of ether oxygens (including phenoxy) is 2. The lowest BCUT2D eigenvalue weighted by molar-refractivity contribution is 0.105. The van der Waals surface area contributed by atoms with Crippen LogP contribution in [-0.2, 0) is 11.3 Å². The standard InChI is InChI=1S/C21H35N3O2/c1-5-26-11-10-21(8-6-7-9-21)16-24-20(22-3)23-15-18-12-17(2)13-19(14-18)25-4/h12-14H,5-11,15-16H2,1-4H3,(H2,22,23,24). The SMILES string of the molecule is CCOCCC1(CNC(=NC)NCc2cc(C)cc(OC)c2)CCCC1. The third-order valence-electron chi connectivity index (χ3n) is 5.31. The summed E-state index contributed by atoms with van der Waals surface area (Å²) < 4.78 is 11.0. The summed E-state index contributed by atoms with van der Waals surface area (Å²) in [7, 11) is 3.53. The van der Waals surface area contributed by atoms with Crippen molar-refractivity contribution in [1.29, 1.82) is 0 Å². The Hall–Kier alpha value is -1.75. The quantitative estimate of drug-likeness (QED) is 0.400. The minimum atomic E-state index is 0.347. The van der Waals surface area contributed by atoms with Crippen LogP contribution in [0.15, 0.2) is 23.2 Å². The van der Waals surface area contributed by atoms with E-state index in [4.69, 9.17) is 9.47 Å². The summed E-state index contributed by atoms with van der Waals surface area (Å²) in [6, 6.07) is 6.27. The fraction of sp³-hybridized carbons (Fsp3) is 0.667. The Labute approximate surface area is 158 Å². The molecule has 0 saturated heterocycles. The first-order valence-electron chi connectivity index (χ1n) is 9.77. The van der Waals surface area contributed by atoms with E-state index < -0.39 is 0 Å². The lowest BCUT2D eigenvalue weighted by Crippen LogP contribution is -2.43. The average molecular weight is 362 g/mol. The van der Waals surface area contributed by atoms with Crippen molar-refractivity contribution in [3.05, 3.63) is 29.3 Å². The fourth-order valence-corrected chi connectivity index (χ4v) is 3.80. The molecule has 5 nitrogen and oxygen atoms in total. The highest BCUT2D eigenvalue weighted by molar-refractivity contribution is 5.79. The fourth-order valence-electron chi connectivity index (χ4n) is 3.80. The van der Waals surface area contributed by atoms with Crippen molar-refractivity contribution in [2.75, 3.05) is 33.9 Å². The maximum absolute atomic E-state index is 5.61. The van der Waals surface area contributed by atoms with Gasteiger partial charge in [-0.25, -0.2) is 0 Å². The van der Waals surface area contributed by atoms with E-state index in [2.05, 4.69) is 41.6 Å². The summed E-state index contributed by atoms with van der Waals surface area (Å²) in [4.78, 5) is 4.39. The molecule has 146 valence electrons. The summed E-state index contributed by atoms with van der Waals surface area (Å²) in [5, 5.41) is 6.97. The molecule has 1 aromatic carbocycles. The summed E-state index contributed by atoms with van der Waals surface area (Å²) in [6.45, 7) is 7.48. The van der Waals surface area contributed by atoms with E-state index in [0.717, 1.165) is 44.4 Å². The number of aryl methyl sites for hydroxylation is 1. The van der Waals surface area contributed by atoms with Crippen LogP contribution in [0, 0.1) is 12.3 Å². The highest BCUT2D eigenvalue weighted by Gasteiger charge is 2.33. The van der Waals surface area contributed by atoms with Crippen LogP contribution >= 0.6 is 0 Å². The molecule has 5 heteroatoms. The second-order valence-electron chi connectivity index (χ2n) is 7.29. The number of hydrogen-bond donors (Lipinski definition) is 2. The van der Waals surface area contributed by atoms with Gasteiger partial charge in [0.25, 0.3) is 0 Å². The molecule has 2 N–H and O–H groups in total. The molecule has 0 radical (unpaired) electrons. The lowest BCUT2D eigenvalue weighted by atomic mass is 9.83. The van der Waals surface area contributed by atoms with Gasteiger partial charge in [0.2, 0.25) is 0 Å². The zero-order chi connectivity index (χ0) is 18.8. The van der Waals surface area contributed by atoms with E-state index in [-0.39, 0.29) is 0 Å². The van der Waals surface area contributed by atoms with Gasteiger partial charge >= 0.3 is 0 Å². The highest BCUT2D eigenvalue weighted by Crippen LogP contribution is 2.40. The number of benzene rings is 1. The maximum Gasteiger partial charge on any atom is 0.191 e. The molecule has 0 unspecified atom stereocenters. The Balaban J connectivity index is 1.87. The molecule has 0 atom stereocenters. The number of hydrogen-bond acceptors (Lipinski definition) is 3. The number of rotatable bonds is 9. The maximum atomic E-state index is 5.61. The topological polar surface area (TPSA) is 54.9 Å². The molecule has 1 fully saturated rings. The van der Waals surface area contributed by atoms with Gasteiger partial charge in [0.15, 0.2) is 5.96 Å². The molecule has 0 amide bonds. The van der Waals surface area contributed by atoms with Gasteiger partial charge in [-0.2, -0.15) is 0 Å². The third-order valence-corrected chi connectivity index (χ3v) is 5.31. The van der Waals surface area contributed by atoms with E-state index >= 15 is 0 Å². The molecule has 1 saturated carbocycles. The van der Waals surface area contributed by atoms with Crippen molar-refractivity contribution in [3.8, 4) is 5.75 Å². The first-order chi connectivity index (χ1) is 12.6. The Morgan fingerprint density at radius 2 is 1.96 bits per heavy atom. The van der Waals surface area contributed by atoms with Crippen LogP contribution in [0.25, 0.3) is 0 Å². The summed E-state index contributed by atoms with van der Waals surface area (Å²) in [5.41, 5.74) is 2.74. The summed E-state index contributed by atoms with van der Waals surface area (Å²) in [6.07, 6.45) is 6.32. The molecule has 26 heavy (non-hydrogen) atoms. The van der Waals surface area contributed by atoms with Crippen molar-refractivity contribution >= 4 is 5.96 Å². The van der Waals surface area contributed by atoms with Crippen LogP contribution in [0.2, 0.25) is 0 Å². The number of aliphatic imine (C=N–C) groups is 1. The predicted molar refractivity (Wildman–Crippen MR) is 108 cm³/mol. The first-order valence-corrected chi connectivity index (χ1v) is 9.77. The van der Waals surface area contributed by atoms with Gasteiger partial charge in [-0.15, -0.1) is 0 Å². The molecule has 2 rings (SSSR count). The molecule has 0 heterocycles. The Kier molecular flexibility index (Phi) is 8.23. The Morgan fingerprint density at radius 3 is 2.62 bits per heavy atom. The van der Waals surface area contributed by atoms with Crippen LogP contribution < -0.4 is 15.4 Å². The van der Waals surface area contributed by atoms with Crippen molar-refractivity contribution in [2.24, 2.45) is 10.4 Å². The number of guanidine groups is 1. The van der Waals surface area contributed by atoms with E-state index in [1.165, 1.54) is 36.8 Å². The minimum absolute atomic E-state index is 0.347. The molecule has 1 aliphatic rings. The van der Waals surface area contributed by atoms with Crippen molar-refractivity contribution in [3.63, 3.8) is 0 Å². The molecular formula is C21H35N3O2. The Bertz CT molecular complexity index is 581. The van der Waals surface area contributed by atoms with E-state index in [1.54, 1.807) is 7.11 Å². The second-order valence-corrected chi connectivity index (χ2v) is 7.29. The molecule has 1 aromatic rings. The van der Waals surface area contributed by atoms with Gasteiger partial charge in [0.1, 0.15) is 5.75 Å². The predicted octanol–water partition coefficient (Wildman–Crippen LogP) is 3.66. The molecular weight excluding hydrogens is 326 g/mol. The van der Waals surface area contributed by atoms with Crippen LogP contribution in [0.3, 0.4) is 0 Å². The van der Waals surface area contributed by atoms with Crippen LogP contribution in [0.1, 0.15) is 50.2 Å². The van der Waals surface area contributed by atoms with E-state index in [9.17, 15) is 0 Å². The number of nitrogens with one attached hydrogen (secondary N) is 2. The highest BCUT2D eigenvalue weighted by atomic mass is 16.5. The molecule has 0 spiro atoms. The zero-order valence-electron chi connectivity index (χ0n) is 16.9. The largest absolute Gasteiger partial charge is 0.497 e. The summed E-state index contributed by atoms with van der Waals surface area (Å²) >= 11 is 0. The van der Waals surface area contributed by atoms with Crippen molar-refractivity contribution < 1.29 is 9.47 Å². The van der Waals surface area contributed by atoms with E-state index in [1.807, 2.05) is 13.1 Å². The van der Waals surface area contributed by atoms with Gasteiger partial charge in [0, 0.05) is 33.4 Å². The van der Waals surface area contributed by atoms with Gasteiger partial charge in [-0.1, -0.05) is 18.9 Å². The number of methoxy groups -OCH3 is 1. The van der Waals surface area contributed by atoms with Crippen molar-refractivity contribution in [2.45, 2.75) is 52.5 Å². The average Bonchev–Trinajstić information content (AvgIpc) is 3.10. The van der Waals surface area contributed by atoms with E-state index in [0.29, 0.717) is 5.41 Å². The molecule has 0 bridgehead atoms. The zero-order valence-corrected chi connectivity index (χ0v) is 16.9. The third kappa shape index (κ3) is 6.20. The second kappa shape index (κ2) is 10.4. The molecule has 0 aliphatic heterocycles.